The Balaban J connectivity index is 2.29. The number of halogens is 2. The summed E-state index contributed by atoms with van der Waals surface area (Å²) in [7, 11) is 0. The second-order valence-corrected chi connectivity index (χ2v) is 3.73. The van der Waals surface area contributed by atoms with Gasteiger partial charge in [0, 0.05) is 23.7 Å². The minimum Gasteiger partial charge on any atom is -0.398 e. The largest absolute Gasteiger partial charge is 0.398 e. The molecule has 0 spiro atoms. The van der Waals surface area contributed by atoms with Crippen molar-refractivity contribution in [3.63, 3.8) is 0 Å². The van der Waals surface area contributed by atoms with Gasteiger partial charge in [-0.2, -0.15) is 0 Å². The second-order valence-electron chi connectivity index (χ2n) is 3.35. The Hall–Kier alpha value is -1.94. The standard InChI is InChI=1S/C12H9ClFN3/c13-12-5-10(15)8(7-17-12)6-16-11-4-2-1-3-9(11)14/h1-7H,(H2,15,17). The van der Waals surface area contributed by atoms with Crippen LogP contribution in [0.3, 0.4) is 0 Å². The van der Waals surface area contributed by atoms with Gasteiger partial charge in [0.15, 0.2) is 0 Å². The summed E-state index contributed by atoms with van der Waals surface area (Å²) in [6.45, 7) is 0. The van der Waals surface area contributed by atoms with Gasteiger partial charge in [-0.15, -0.1) is 0 Å². The van der Waals surface area contributed by atoms with E-state index in [1.165, 1.54) is 24.5 Å². The predicted octanol–water partition coefficient (Wildman–Crippen LogP) is 3.21. The highest BCUT2D eigenvalue weighted by Gasteiger charge is 2.00. The van der Waals surface area contributed by atoms with Crippen LogP contribution in [0.2, 0.25) is 5.15 Å². The first-order valence-electron chi connectivity index (χ1n) is 4.86. The second kappa shape index (κ2) is 4.93. The Kier molecular flexibility index (Phi) is 3.35. The number of anilines is 1. The van der Waals surface area contributed by atoms with Gasteiger partial charge in [-0.25, -0.2) is 9.37 Å². The highest BCUT2D eigenvalue weighted by atomic mass is 35.5. The molecule has 2 N–H and O–H groups in total. The third-order valence-electron chi connectivity index (χ3n) is 2.13. The number of nitrogens with zero attached hydrogens (tertiary/aromatic N) is 2. The molecule has 0 radical (unpaired) electrons. The number of aliphatic imine (C=N–C) groups is 1. The zero-order valence-electron chi connectivity index (χ0n) is 8.77. The van der Waals surface area contributed by atoms with Crippen molar-refractivity contribution >= 4 is 29.2 Å². The third-order valence-corrected chi connectivity index (χ3v) is 2.34. The summed E-state index contributed by atoms with van der Waals surface area (Å²) in [4.78, 5) is 7.88. The van der Waals surface area contributed by atoms with Crippen molar-refractivity contribution in [2.75, 3.05) is 5.73 Å². The van der Waals surface area contributed by atoms with Crippen molar-refractivity contribution in [3.05, 3.63) is 53.1 Å². The van der Waals surface area contributed by atoms with Gasteiger partial charge in [-0.3, -0.25) is 4.99 Å². The van der Waals surface area contributed by atoms with Gasteiger partial charge in [0.2, 0.25) is 0 Å². The first-order valence-corrected chi connectivity index (χ1v) is 5.24. The fourth-order valence-corrected chi connectivity index (χ4v) is 1.42. The molecule has 0 aliphatic heterocycles. The Bertz CT molecular complexity index is 569. The molecule has 1 aromatic carbocycles. The molecule has 2 rings (SSSR count). The molecule has 1 heterocycles. The highest BCUT2D eigenvalue weighted by Crippen LogP contribution is 2.18. The maximum Gasteiger partial charge on any atom is 0.148 e. The van der Waals surface area contributed by atoms with Gasteiger partial charge < -0.3 is 5.73 Å². The van der Waals surface area contributed by atoms with E-state index in [4.69, 9.17) is 17.3 Å². The third kappa shape index (κ3) is 2.79. The summed E-state index contributed by atoms with van der Waals surface area (Å²) in [5, 5.41) is 0.311. The molecule has 0 unspecified atom stereocenters. The summed E-state index contributed by atoms with van der Waals surface area (Å²) in [6, 6.07) is 7.75. The van der Waals surface area contributed by atoms with Crippen LogP contribution in [0.5, 0.6) is 0 Å². The topological polar surface area (TPSA) is 51.3 Å². The Morgan fingerprint density at radius 2 is 2.12 bits per heavy atom. The van der Waals surface area contributed by atoms with E-state index in [2.05, 4.69) is 9.98 Å². The summed E-state index contributed by atoms with van der Waals surface area (Å²) in [5.41, 5.74) is 7.01. The molecular weight excluding hydrogens is 241 g/mol. The lowest BCUT2D eigenvalue weighted by molar-refractivity contribution is 0.630. The van der Waals surface area contributed by atoms with Crippen LogP contribution < -0.4 is 5.73 Å². The Labute approximate surface area is 103 Å². The van der Waals surface area contributed by atoms with Crippen molar-refractivity contribution in [3.8, 4) is 0 Å². The quantitative estimate of drug-likeness (QED) is 0.656. The van der Waals surface area contributed by atoms with E-state index in [1.54, 1.807) is 18.2 Å². The number of aromatic nitrogens is 1. The van der Waals surface area contributed by atoms with Gasteiger partial charge in [0.1, 0.15) is 11.0 Å². The van der Waals surface area contributed by atoms with Crippen LogP contribution in [0, 0.1) is 5.82 Å². The molecule has 17 heavy (non-hydrogen) atoms. The molecule has 0 fully saturated rings. The minimum atomic E-state index is -0.385. The number of hydrogen-bond donors (Lipinski definition) is 1. The van der Waals surface area contributed by atoms with Crippen LogP contribution in [0.15, 0.2) is 41.5 Å². The Morgan fingerprint density at radius 1 is 1.35 bits per heavy atom. The molecule has 86 valence electrons. The molecule has 5 heteroatoms. The van der Waals surface area contributed by atoms with Crippen LogP contribution >= 0.6 is 11.6 Å². The lowest BCUT2D eigenvalue weighted by Crippen LogP contribution is -1.94. The van der Waals surface area contributed by atoms with E-state index >= 15 is 0 Å². The first kappa shape index (κ1) is 11.5. The molecule has 3 nitrogen and oxygen atoms in total. The van der Waals surface area contributed by atoms with Crippen LogP contribution in [0.1, 0.15) is 5.56 Å². The molecule has 2 aromatic rings. The number of pyridine rings is 1. The highest BCUT2D eigenvalue weighted by molar-refractivity contribution is 6.29. The van der Waals surface area contributed by atoms with Crippen molar-refractivity contribution < 1.29 is 4.39 Å². The SMILES string of the molecule is Nc1cc(Cl)ncc1C=Nc1ccccc1F. The molecule has 0 saturated heterocycles. The van der Waals surface area contributed by atoms with Crippen molar-refractivity contribution in [2.24, 2.45) is 4.99 Å². The van der Waals surface area contributed by atoms with Crippen LogP contribution in [-0.4, -0.2) is 11.2 Å². The molecular formula is C12H9ClFN3. The minimum absolute atomic E-state index is 0.252. The monoisotopic (exact) mass is 249 g/mol. The molecule has 0 bridgehead atoms. The summed E-state index contributed by atoms with van der Waals surface area (Å²) < 4.78 is 13.3. The first-order chi connectivity index (χ1) is 8.16. The summed E-state index contributed by atoms with van der Waals surface area (Å²) in [6.07, 6.45) is 2.94. The predicted molar refractivity (Wildman–Crippen MR) is 67.3 cm³/mol. The number of rotatable bonds is 2. The van der Waals surface area contributed by atoms with Crippen molar-refractivity contribution in [2.45, 2.75) is 0 Å². The van der Waals surface area contributed by atoms with Crippen LogP contribution in [-0.2, 0) is 0 Å². The molecule has 0 saturated carbocycles. The number of benzene rings is 1. The number of hydrogen-bond acceptors (Lipinski definition) is 3. The van der Waals surface area contributed by atoms with E-state index in [1.807, 2.05) is 0 Å². The summed E-state index contributed by atoms with van der Waals surface area (Å²) >= 11 is 5.66. The van der Waals surface area contributed by atoms with Crippen LogP contribution in [0.4, 0.5) is 15.8 Å². The van der Waals surface area contributed by atoms with E-state index in [0.717, 1.165) is 0 Å². The molecule has 1 aromatic heterocycles. The van der Waals surface area contributed by atoms with Crippen molar-refractivity contribution in [1.82, 2.24) is 4.98 Å². The van der Waals surface area contributed by atoms with E-state index < -0.39 is 0 Å². The van der Waals surface area contributed by atoms with E-state index in [0.29, 0.717) is 16.4 Å². The van der Waals surface area contributed by atoms with Gasteiger partial charge in [-0.1, -0.05) is 23.7 Å². The smallest absolute Gasteiger partial charge is 0.148 e. The molecule has 0 aliphatic carbocycles. The average molecular weight is 250 g/mol. The van der Waals surface area contributed by atoms with Gasteiger partial charge >= 0.3 is 0 Å². The number of nitrogen functional groups attached to an aromatic ring is 1. The van der Waals surface area contributed by atoms with Gasteiger partial charge in [-0.05, 0) is 18.2 Å². The maximum atomic E-state index is 13.3. The van der Waals surface area contributed by atoms with Gasteiger partial charge in [0.25, 0.3) is 0 Å². The fraction of sp³-hybridized carbons (Fsp3) is 0. The zero-order chi connectivity index (χ0) is 12.3. The normalized spacial score (nSPS) is 10.9. The number of nitrogens with two attached hydrogens (primary N) is 1. The molecule has 0 atom stereocenters. The zero-order valence-corrected chi connectivity index (χ0v) is 9.53. The maximum absolute atomic E-state index is 13.3. The van der Waals surface area contributed by atoms with Gasteiger partial charge in [0.05, 0.1) is 5.69 Å². The lowest BCUT2D eigenvalue weighted by Gasteiger charge is -1.99. The lowest BCUT2D eigenvalue weighted by atomic mass is 10.2. The molecule has 0 amide bonds. The average Bonchev–Trinajstić information content (AvgIpc) is 2.30. The van der Waals surface area contributed by atoms with E-state index in [9.17, 15) is 4.39 Å². The Morgan fingerprint density at radius 3 is 2.82 bits per heavy atom. The fourth-order valence-electron chi connectivity index (χ4n) is 1.26. The molecule has 0 aliphatic rings. The van der Waals surface area contributed by atoms with E-state index in [-0.39, 0.29) is 11.5 Å². The van der Waals surface area contributed by atoms with Crippen LogP contribution in [0.25, 0.3) is 0 Å². The summed E-state index contributed by atoms with van der Waals surface area (Å²) in [5.74, 6) is -0.385. The number of para-hydroxylation sites is 1. The van der Waals surface area contributed by atoms with Crippen molar-refractivity contribution in [1.29, 1.82) is 0 Å².